The molecule has 3 nitrogen and oxygen atoms in total. The summed E-state index contributed by atoms with van der Waals surface area (Å²) in [6.45, 7) is 2.14. The van der Waals surface area contributed by atoms with Crippen LogP contribution in [0.3, 0.4) is 0 Å². The topological polar surface area (TPSA) is 47.3 Å². The first-order valence-corrected chi connectivity index (χ1v) is 9.61. The Morgan fingerprint density at radius 2 is 1.58 bits per heavy atom. The molecule has 0 bridgehead atoms. The third-order valence-corrected chi connectivity index (χ3v) is 5.25. The van der Waals surface area contributed by atoms with Crippen LogP contribution in [0.15, 0.2) is 82.6 Å². The van der Waals surface area contributed by atoms with Crippen molar-refractivity contribution in [3.63, 3.8) is 0 Å². The first-order valence-electron chi connectivity index (χ1n) is 8.42. The molecule has 0 saturated heterocycles. The highest BCUT2D eigenvalue weighted by atomic mass is 35.5. The van der Waals surface area contributed by atoms with E-state index in [9.17, 15) is 0 Å². The Balaban J connectivity index is 1.50. The van der Waals surface area contributed by atoms with Crippen molar-refractivity contribution < 1.29 is 4.74 Å². The summed E-state index contributed by atoms with van der Waals surface area (Å²) < 4.78 is 5.70. The van der Waals surface area contributed by atoms with Crippen LogP contribution < -0.4 is 15.8 Å². The second-order valence-electron chi connectivity index (χ2n) is 5.73. The van der Waals surface area contributed by atoms with Gasteiger partial charge in [-0.05, 0) is 48.0 Å². The molecule has 3 N–H and O–H groups in total. The third-order valence-electron chi connectivity index (χ3n) is 3.79. The van der Waals surface area contributed by atoms with Crippen molar-refractivity contribution in [2.24, 2.45) is 0 Å². The van der Waals surface area contributed by atoms with Crippen molar-refractivity contribution in [1.29, 1.82) is 0 Å². The number of ether oxygens (including phenoxy) is 1. The summed E-state index contributed by atoms with van der Waals surface area (Å²) in [5, 5.41) is 4.14. The van der Waals surface area contributed by atoms with Gasteiger partial charge in [0.15, 0.2) is 0 Å². The molecule has 0 unspecified atom stereocenters. The fourth-order valence-electron chi connectivity index (χ4n) is 2.44. The molecule has 0 atom stereocenters. The van der Waals surface area contributed by atoms with E-state index < -0.39 is 0 Å². The lowest BCUT2D eigenvalue weighted by molar-refractivity contribution is 0.313. The van der Waals surface area contributed by atoms with Crippen LogP contribution in [-0.2, 0) is 6.54 Å². The van der Waals surface area contributed by atoms with Crippen LogP contribution in [-0.4, -0.2) is 13.2 Å². The third kappa shape index (κ3) is 5.43. The Hall–Kier alpha value is -2.14. The molecule has 0 aliphatic carbocycles. The first kappa shape index (κ1) is 18.6. The van der Waals surface area contributed by atoms with Crippen LogP contribution in [0.25, 0.3) is 0 Å². The minimum Gasteiger partial charge on any atom is -0.492 e. The molecule has 0 amide bonds. The molecule has 0 heterocycles. The van der Waals surface area contributed by atoms with Crippen molar-refractivity contribution in [2.45, 2.75) is 16.3 Å². The van der Waals surface area contributed by atoms with E-state index in [2.05, 4.69) is 29.6 Å². The number of hydrogen-bond donors (Lipinski definition) is 2. The standard InChI is InChI=1S/C21H21ClN2OS/c22-17-9-11-18(12-10-17)25-14-13-24-15-16-5-1-3-7-20(16)26-21-8-4-2-6-19(21)23/h1-12,24H,13-15,23H2. The molecule has 3 aromatic rings. The van der Waals surface area contributed by atoms with Crippen LogP contribution in [0.5, 0.6) is 5.75 Å². The number of anilines is 1. The van der Waals surface area contributed by atoms with Gasteiger partial charge in [-0.2, -0.15) is 0 Å². The Morgan fingerprint density at radius 1 is 0.885 bits per heavy atom. The summed E-state index contributed by atoms with van der Waals surface area (Å²) >= 11 is 7.56. The number of rotatable bonds is 8. The monoisotopic (exact) mass is 384 g/mol. The summed E-state index contributed by atoms with van der Waals surface area (Å²) in [5.41, 5.74) is 8.11. The molecule has 0 aliphatic heterocycles. The number of nitrogen functional groups attached to an aromatic ring is 1. The molecular formula is C21H21ClN2OS. The number of nitrogens with one attached hydrogen (secondary N) is 1. The SMILES string of the molecule is Nc1ccccc1Sc1ccccc1CNCCOc1ccc(Cl)cc1. The summed E-state index contributed by atoms with van der Waals surface area (Å²) in [5.74, 6) is 0.826. The van der Waals surface area contributed by atoms with Crippen molar-refractivity contribution in [1.82, 2.24) is 5.32 Å². The highest BCUT2D eigenvalue weighted by Gasteiger charge is 2.06. The first-order chi connectivity index (χ1) is 12.7. The second kappa shape index (κ2) is 9.53. The van der Waals surface area contributed by atoms with Crippen molar-refractivity contribution in [2.75, 3.05) is 18.9 Å². The molecule has 3 aromatic carbocycles. The number of hydrogen-bond acceptors (Lipinski definition) is 4. The molecule has 0 fully saturated rings. The molecule has 0 saturated carbocycles. The van der Waals surface area contributed by atoms with Gasteiger partial charge in [0.05, 0.1) is 0 Å². The normalized spacial score (nSPS) is 10.7. The average molecular weight is 385 g/mol. The molecule has 5 heteroatoms. The van der Waals surface area contributed by atoms with Gasteiger partial charge >= 0.3 is 0 Å². The predicted molar refractivity (Wildman–Crippen MR) is 110 cm³/mol. The van der Waals surface area contributed by atoms with Crippen molar-refractivity contribution in [3.05, 3.63) is 83.4 Å². The largest absolute Gasteiger partial charge is 0.492 e. The van der Waals surface area contributed by atoms with Crippen LogP contribution in [0.1, 0.15) is 5.56 Å². The maximum Gasteiger partial charge on any atom is 0.119 e. The van der Waals surface area contributed by atoms with E-state index in [1.165, 1.54) is 10.5 Å². The van der Waals surface area contributed by atoms with Gasteiger partial charge in [-0.1, -0.05) is 53.7 Å². The van der Waals surface area contributed by atoms with Gasteiger partial charge in [0, 0.05) is 33.6 Å². The van der Waals surface area contributed by atoms with Gasteiger partial charge in [-0.3, -0.25) is 0 Å². The maximum atomic E-state index is 6.06. The van der Waals surface area contributed by atoms with Gasteiger partial charge in [0.2, 0.25) is 0 Å². The number of halogens is 1. The maximum absolute atomic E-state index is 6.06. The Kier molecular flexibility index (Phi) is 6.83. The summed E-state index contributed by atoms with van der Waals surface area (Å²) in [7, 11) is 0. The zero-order valence-electron chi connectivity index (χ0n) is 14.3. The Morgan fingerprint density at radius 3 is 2.35 bits per heavy atom. The van der Waals surface area contributed by atoms with E-state index in [0.29, 0.717) is 11.6 Å². The molecule has 3 rings (SSSR count). The number of nitrogens with two attached hydrogens (primary N) is 1. The summed E-state index contributed by atoms with van der Waals surface area (Å²) in [6.07, 6.45) is 0. The van der Waals surface area contributed by atoms with E-state index in [-0.39, 0.29) is 0 Å². The van der Waals surface area contributed by atoms with Gasteiger partial charge < -0.3 is 15.8 Å². The van der Waals surface area contributed by atoms with Crippen LogP contribution in [0.4, 0.5) is 5.69 Å². The minimum atomic E-state index is 0.600. The molecule has 26 heavy (non-hydrogen) atoms. The lowest BCUT2D eigenvalue weighted by atomic mass is 10.2. The zero-order chi connectivity index (χ0) is 18.2. The highest BCUT2D eigenvalue weighted by molar-refractivity contribution is 7.99. The Labute approximate surface area is 163 Å². The molecule has 0 aliphatic rings. The second-order valence-corrected chi connectivity index (χ2v) is 7.25. The highest BCUT2D eigenvalue weighted by Crippen LogP contribution is 2.33. The van der Waals surface area contributed by atoms with E-state index in [1.54, 1.807) is 11.8 Å². The fraction of sp³-hybridized carbons (Fsp3) is 0.143. The van der Waals surface area contributed by atoms with Gasteiger partial charge in [-0.25, -0.2) is 0 Å². The number of benzene rings is 3. The van der Waals surface area contributed by atoms with Crippen molar-refractivity contribution >= 4 is 29.1 Å². The molecule has 0 spiro atoms. The van der Waals surface area contributed by atoms with E-state index in [1.807, 2.05) is 48.5 Å². The lowest BCUT2D eigenvalue weighted by Gasteiger charge is -2.12. The molecule has 134 valence electrons. The molecule has 0 aromatic heterocycles. The Bertz CT molecular complexity index is 839. The average Bonchev–Trinajstić information content (AvgIpc) is 2.66. The summed E-state index contributed by atoms with van der Waals surface area (Å²) in [4.78, 5) is 2.28. The van der Waals surface area contributed by atoms with E-state index in [4.69, 9.17) is 22.1 Å². The fourth-order valence-corrected chi connectivity index (χ4v) is 3.55. The van der Waals surface area contributed by atoms with Gasteiger partial charge in [0.1, 0.15) is 12.4 Å². The quantitative estimate of drug-likeness (QED) is 0.411. The predicted octanol–water partition coefficient (Wildman–Crippen LogP) is 5.24. The van der Waals surface area contributed by atoms with Crippen LogP contribution in [0.2, 0.25) is 5.02 Å². The minimum absolute atomic E-state index is 0.600. The molecular weight excluding hydrogens is 364 g/mol. The van der Waals surface area contributed by atoms with E-state index in [0.717, 1.165) is 29.4 Å². The summed E-state index contributed by atoms with van der Waals surface area (Å²) in [6, 6.07) is 23.7. The van der Waals surface area contributed by atoms with Crippen molar-refractivity contribution in [3.8, 4) is 5.75 Å². The van der Waals surface area contributed by atoms with Crippen LogP contribution in [0, 0.1) is 0 Å². The molecule has 0 radical (unpaired) electrons. The van der Waals surface area contributed by atoms with Gasteiger partial charge in [0.25, 0.3) is 0 Å². The van der Waals surface area contributed by atoms with Gasteiger partial charge in [-0.15, -0.1) is 0 Å². The van der Waals surface area contributed by atoms with E-state index >= 15 is 0 Å². The zero-order valence-corrected chi connectivity index (χ0v) is 15.9. The van der Waals surface area contributed by atoms with Crippen LogP contribution >= 0.6 is 23.4 Å². The smallest absolute Gasteiger partial charge is 0.119 e. The number of para-hydroxylation sites is 1. The lowest BCUT2D eigenvalue weighted by Crippen LogP contribution is -2.20.